The van der Waals surface area contributed by atoms with Crippen LogP contribution in [0.4, 0.5) is 20.3 Å². The predicted molar refractivity (Wildman–Crippen MR) is 142 cm³/mol. The fourth-order valence-corrected chi connectivity index (χ4v) is 3.98. The number of anilines is 2. The van der Waals surface area contributed by atoms with Crippen LogP contribution in [-0.2, 0) is 6.42 Å². The van der Waals surface area contributed by atoms with Crippen molar-refractivity contribution in [3.8, 4) is 17.0 Å². The molecule has 0 unspecified atom stereocenters. The minimum absolute atomic E-state index is 0. The highest BCUT2D eigenvalue weighted by Gasteiger charge is 2.19. The van der Waals surface area contributed by atoms with Crippen LogP contribution in [0, 0.1) is 11.6 Å². The predicted octanol–water partition coefficient (Wildman–Crippen LogP) is 4.88. The molecule has 4 rings (SSSR count). The van der Waals surface area contributed by atoms with Crippen LogP contribution in [0.1, 0.15) is 35.7 Å². The number of unbranched alkanes of at least 4 members (excludes halogenated alkanes) is 1. The van der Waals surface area contributed by atoms with E-state index in [0.717, 1.165) is 24.1 Å². The number of aryl methyl sites for hydroxylation is 1. The molecule has 0 aliphatic heterocycles. The van der Waals surface area contributed by atoms with Gasteiger partial charge < -0.3 is 21.1 Å². The third-order valence-corrected chi connectivity index (χ3v) is 5.88. The minimum atomic E-state index is -1.06. The van der Waals surface area contributed by atoms with E-state index in [0.29, 0.717) is 42.2 Å². The van der Waals surface area contributed by atoms with Crippen LogP contribution in [0.15, 0.2) is 48.9 Å². The third kappa shape index (κ3) is 5.81. The number of benzene rings is 2. The highest BCUT2D eigenvalue weighted by Crippen LogP contribution is 2.31. The number of ether oxygens (including phenoxy) is 1. The summed E-state index contributed by atoms with van der Waals surface area (Å²) >= 11 is 0. The molecule has 0 saturated carbocycles. The first kappa shape index (κ1) is 27.8. The Labute approximate surface area is 219 Å². The molecular weight excluding hydrogens is 502 g/mol. The summed E-state index contributed by atoms with van der Waals surface area (Å²) in [5.74, 6) is -1.95. The van der Waals surface area contributed by atoms with Gasteiger partial charge in [-0.3, -0.25) is 9.20 Å². The number of methoxy groups -OCH3 is 1. The van der Waals surface area contributed by atoms with Crippen molar-refractivity contribution in [3.05, 3.63) is 71.7 Å². The van der Waals surface area contributed by atoms with Gasteiger partial charge in [0.15, 0.2) is 23.0 Å². The summed E-state index contributed by atoms with van der Waals surface area (Å²) in [6.07, 6.45) is 6.98. The first-order valence-electron chi connectivity index (χ1n) is 11.7. The average molecular weight is 531 g/mol. The highest BCUT2D eigenvalue weighted by atomic mass is 35.5. The molecule has 0 aliphatic rings. The van der Waals surface area contributed by atoms with Crippen molar-refractivity contribution >= 4 is 35.5 Å². The number of nitrogens with one attached hydrogen (secondary N) is 2. The third-order valence-electron chi connectivity index (χ3n) is 5.88. The second-order valence-corrected chi connectivity index (χ2v) is 8.16. The van der Waals surface area contributed by atoms with E-state index < -0.39 is 11.6 Å². The molecule has 4 aromatic rings. The number of halogens is 3. The molecule has 2 aromatic carbocycles. The van der Waals surface area contributed by atoms with Crippen molar-refractivity contribution in [2.24, 2.45) is 5.73 Å². The number of carbonyl (C=O) groups is 1. The summed E-state index contributed by atoms with van der Waals surface area (Å²) in [4.78, 5) is 21.4. The summed E-state index contributed by atoms with van der Waals surface area (Å²) in [5, 5.41) is 6.16. The standard InChI is InChI=1S/C26H28F2N6O2.ClH/c1-3-16-14-17(6-7-18(16)26(35)31-11-5-4-10-29)33-24-25-32-15-20(34(25)13-12-30-24)19-8-9-21(36-2)23(28)22(19)27;/h6-9,12-15H,3-5,10-11,29H2,1-2H3,(H,30,33)(H,31,35);1H. The maximum Gasteiger partial charge on any atom is 0.251 e. The molecule has 0 bridgehead atoms. The van der Waals surface area contributed by atoms with E-state index in [-0.39, 0.29) is 29.6 Å². The lowest BCUT2D eigenvalue weighted by molar-refractivity contribution is 0.0952. The molecule has 11 heteroatoms. The van der Waals surface area contributed by atoms with E-state index in [1.165, 1.54) is 25.4 Å². The molecule has 0 atom stereocenters. The van der Waals surface area contributed by atoms with Gasteiger partial charge in [0.1, 0.15) is 0 Å². The Kier molecular flexibility index (Phi) is 9.37. The Bertz CT molecular complexity index is 1400. The quantitative estimate of drug-likeness (QED) is 0.252. The van der Waals surface area contributed by atoms with Gasteiger partial charge >= 0.3 is 0 Å². The Morgan fingerprint density at radius 2 is 1.95 bits per heavy atom. The number of hydrogen-bond donors (Lipinski definition) is 3. The zero-order valence-corrected chi connectivity index (χ0v) is 21.4. The van der Waals surface area contributed by atoms with Crippen LogP contribution < -0.4 is 21.1 Å². The van der Waals surface area contributed by atoms with Crippen LogP contribution in [0.2, 0.25) is 0 Å². The molecule has 2 aromatic heterocycles. The van der Waals surface area contributed by atoms with Crippen molar-refractivity contribution in [1.29, 1.82) is 0 Å². The molecule has 2 heterocycles. The first-order valence-corrected chi connectivity index (χ1v) is 11.7. The number of nitrogens with zero attached hydrogens (tertiary/aromatic N) is 3. The monoisotopic (exact) mass is 530 g/mol. The van der Waals surface area contributed by atoms with Gasteiger partial charge in [0.05, 0.1) is 19.0 Å². The Morgan fingerprint density at radius 3 is 2.68 bits per heavy atom. The van der Waals surface area contributed by atoms with Crippen molar-refractivity contribution in [2.45, 2.75) is 26.2 Å². The molecule has 196 valence electrons. The summed E-state index contributed by atoms with van der Waals surface area (Å²) < 4.78 is 35.5. The number of carbonyl (C=O) groups excluding carboxylic acids is 1. The number of fused-ring (bicyclic) bond motifs is 1. The highest BCUT2D eigenvalue weighted by molar-refractivity contribution is 5.96. The van der Waals surface area contributed by atoms with Gasteiger partial charge in [-0.15, -0.1) is 12.4 Å². The van der Waals surface area contributed by atoms with Crippen LogP contribution in [0.3, 0.4) is 0 Å². The van der Waals surface area contributed by atoms with E-state index >= 15 is 0 Å². The second-order valence-electron chi connectivity index (χ2n) is 8.16. The Morgan fingerprint density at radius 1 is 1.14 bits per heavy atom. The minimum Gasteiger partial charge on any atom is -0.494 e. The topological polar surface area (TPSA) is 107 Å². The summed E-state index contributed by atoms with van der Waals surface area (Å²) in [6.45, 7) is 3.15. The lowest BCUT2D eigenvalue weighted by Crippen LogP contribution is -2.26. The Balaban J connectivity index is 0.00000380. The van der Waals surface area contributed by atoms with E-state index in [1.54, 1.807) is 28.9 Å². The van der Waals surface area contributed by atoms with Gasteiger partial charge in [0, 0.05) is 35.8 Å². The van der Waals surface area contributed by atoms with Gasteiger partial charge in [-0.05, 0) is 61.7 Å². The molecule has 8 nitrogen and oxygen atoms in total. The van der Waals surface area contributed by atoms with Crippen LogP contribution in [0.5, 0.6) is 5.75 Å². The maximum atomic E-state index is 14.7. The average Bonchev–Trinajstić information content (AvgIpc) is 3.33. The molecule has 4 N–H and O–H groups in total. The number of rotatable bonds is 10. The molecule has 0 fully saturated rings. The number of imidazole rings is 1. The van der Waals surface area contributed by atoms with Crippen LogP contribution in [0.25, 0.3) is 16.9 Å². The van der Waals surface area contributed by atoms with Crippen molar-refractivity contribution in [2.75, 3.05) is 25.5 Å². The number of nitrogens with two attached hydrogens (primary N) is 1. The van der Waals surface area contributed by atoms with E-state index in [1.807, 2.05) is 13.0 Å². The second kappa shape index (κ2) is 12.5. The molecule has 0 radical (unpaired) electrons. The zero-order valence-electron chi connectivity index (χ0n) is 20.6. The van der Waals surface area contributed by atoms with Gasteiger partial charge in [-0.25, -0.2) is 14.4 Å². The zero-order chi connectivity index (χ0) is 25.7. The van der Waals surface area contributed by atoms with Crippen molar-refractivity contribution < 1.29 is 18.3 Å². The SMILES string of the molecule is CCc1cc(Nc2nccn3c(-c4ccc(OC)c(F)c4F)cnc23)ccc1C(=O)NCCCCN.Cl. The number of aromatic nitrogens is 3. The van der Waals surface area contributed by atoms with Gasteiger partial charge in [0.25, 0.3) is 5.91 Å². The van der Waals surface area contributed by atoms with Crippen LogP contribution in [-0.4, -0.2) is 40.5 Å². The van der Waals surface area contributed by atoms with E-state index in [4.69, 9.17) is 10.5 Å². The summed E-state index contributed by atoms with van der Waals surface area (Å²) in [5.41, 5.74) is 8.56. The lowest BCUT2D eigenvalue weighted by atomic mass is 10.0. The van der Waals surface area contributed by atoms with E-state index in [2.05, 4.69) is 20.6 Å². The number of amides is 1. The lowest BCUT2D eigenvalue weighted by Gasteiger charge is -2.13. The Hall–Kier alpha value is -3.76. The number of hydrogen-bond acceptors (Lipinski definition) is 6. The van der Waals surface area contributed by atoms with Crippen LogP contribution >= 0.6 is 12.4 Å². The largest absolute Gasteiger partial charge is 0.494 e. The molecule has 37 heavy (non-hydrogen) atoms. The smallest absolute Gasteiger partial charge is 0.251 e. The summed E-state index contributed by atoms with van der Waals surface area (Å²) in [7, 11) is 1.28. The molecule has 0 spiro atoms. The summed E-state index contributed by atoms with van der Waals surface area (Å²) in [6, 6.07) is 8.27. The van der Waals surface area contributed by atoms with Gasteiger partial charge in [-0.1, -0.05) is 6.92 Å². The van der Waals surface area contributed by atoms with E-state index in [9.17, 15) is 13.6 Å². The first-order chi connectivity index (χ1) is 17.5. The normalized spacial score (nSPS) is 10.7. The molecule has 1 amide bonds. The molecular formula is C26H29ClF2N6O2. The molecule has 0 aliphatic carbocycles. The van der Waals surface area contributed by atoms with Gasteiger partial charge in [0.2, 0.25) is 5.82 Å². The van der Waals surface area contributed by atoms with Gasteiger partial charge in [-0.2, -0.15) is 4.39 Å². The van der Waals surface area contributed by atoms with Crippen molar-refractivity contribution in [1.82, 2.24) is 19.7 Å². The van der Waals surface area contributed by atoms with Crippen molar-refractivity contribution in [3.63, 3.8) is 0 Å². The molecule has 0 saturated heterocycles. The fraction of sp³-hybridized carbons (Fsp3) is 0.269. The maximum absolute atomic E-state index is 14.7. The fourth-order valence-electron chi connectivity index (χ4n) is 3.98.